The van der Waals surface area contributed by atoms with Crippen LogP contribution in [-0.4, -0.2) is 60.5 Å². The lowest BCUT2D eigenvalue weighted by Gasteiger charge is -2.57. The molecule has 0 spiro atoms. The minimum Gasteiger partial charge on any atom is -0.462 e. The first kappa shape index (κ1) is 17.3. The molecule has 0 aromatic rings. The average Bonchev–Trinajstić information content (AvgIpc) is 2.53. The number of amides is 1. The van der Waals surface area contributed by atoms with Gasteiger partial charge in [0.25, 0.3) is 0 Å². The van der Waals surface area contributed by atoms with Crippen molar-refractivity contribution in [3.63, 3.8) is 0 Å². The summed E-state index contributed by atoms with van der Waals surface area (Å²) >= 11 is 0. The van der Waals surface area contributed by atoms with Gasteiger partial charge in [-0.05, 0) is 70.1 Å². The van der Waals surface area contributed by atoms with Gasteiger partial charge in [0, 0.05) is 26.2 Å². The molecule has 4 aliphatic carbocycles. The van der Waals surface area contributed by atoms with Crippen LogP contribution in [0.5, 0.6) is 0 Å². The molecule has 0 aromatic heterocycles. The molecule has 1 amide bonds. The first-order chi connectivity index (χ1) is 11.9. The van der Waals surface area contributed by atoms with E-state index in [1.807, 2.05) is 13.8 Å². The summed E-state index contributed by atoms with van der Waals surface area (Å²) in [6, 6.07) is 0. The Kier molecular flexibility index (Phi) is 4.55. The second-order valence-corrected chi connectivity index (χ2v) is 9.30. The molecule has 0 atom stereocenters. The Labute approximate surface area is 151 Å². The van der Waals surface area contributed by atoms with E-state index in [4.69, 9.17) is 4.74 Å². The van der Waals surface area contributed by atoms with Crippen LogP contribution in [0.4, 0.5) is 0 Å². The summed E-state index contributed by atoms with van der Waals surface area (Å²) in [7, 11) is 0. The molecule has 0 radical (unpaired) electrons. The lowest BCUT2D eigenvalue weighted by molar-refractivity contribution is -0.160. The number of hydrogen-bond donors (Lipinski definition) is 0. The van der Waals surface area contributed by atoms with Gasteiger partial charge in [-0.25, -0.2) is 0 Å². The normalized spacial score (nSPS) is 37.6. The standard InChI is InChI=1S/C20H32N2O3/c1-14(2)25-18(23)13-21-3-5-22(6-4-21)19(24)20-10-15-7-16(11-20)9-17(8-15)12-20/h14-17H,3-13H2,1-2H3. The van der Waals surface area contributed by atoms with Gasteiger partial charge in [-0.15, -0.1) is 0 Å². The van der Waals surface area contributed by atoms with Crippen molar-refractivity contribution in [2.75, 3.05) is 32.7 Å². The van der Waals surface area contributed by atoms with E-state index in [1.165, 1.54) is 19.3 Å². The lowest BCUT2D eigenvalue weighted by atomic mass is 9.49. The number of hydrogen-bond acceptors (Lipinski definition) is 4. The summed E-state index contributed by atoms with van der Waals surface area (Å²) in [6.45, 7) is 7.18. The Balaban J connectivity index is 1.32. The number of carbonyl (C=O) groups is 2. The number of esters is 1. The van der Waals surface area contributed by atoms with Gasteiger partial charge in [0.05, 0.1) is 18.1 Å². The molecule has 5 rings (SSSR count). The third kappa shape index (κ3) is 3.44. The lowest BCUT2D eigenvalue weighted by Crippen LogP contribution is -2.58. The van der Waals surface area contributed by atoms with Crippen molar-refractivity contribution in [3.05, 3.63) is 0 Å². The maximum Gasteiger partial charge on any atom is 0.320 e. The summed E-state index contributed by atoms with van der Waals surface area (Å²) in [6.07, 6.45) is 7.47. The first-order valence-electron chi connectivity index (χ1n) is 10.1. The molecule has 0 unspecified atom stereocenters. The number of ether oxygens (including phenoxy) is 1. The van der Waals surface area contributed by atoms with E-state index < -0.39 is 0 Å². The summed E-state index contributed by atoms with van der Waals surface area (Å²) in [4.78, 5) is 29.4. The molecule has 1 heterocycles. The fourth-order valence-corrected chi connectivity index (χ4v) is 6.30. The van der Waals surface area contributed by atoms with Gasteiger partial charge in [0.2, 0.25) is 5.91 Å². The van der Waals surface area contributed by atoms with Crippen LogP contribution in [0.3, 0.4) is 0 Å². The fourth-order valence-electron chi connectivity index (χ4n) is 6.30. The number of nitrogens with zero attached hydrogens (tertiary/aromatic N) is 2. The molecule has 4 bridgehead atoms. The van der Waals surface area contributed by atoms with Crippen LogP contribution >= 0.6 is 0 Å². The minimum atomic E-state index is -0.157. The molecule has 5 heteroatoms. The van der Waals surface area contributed by atoms with E-state index in [-0.39, 0.29) is 17.5 Å². The number of piperazine rings is 1. The maximum atomic E-state index is 13.3. The first-order valence-corrected chi connectivity index (χ1v) is 10.1. The van der Waals surface area contributed by atoms with Crippen molar-refractivity contribution in [2.45, 2.75) is 58.5 Å². The monoisotopic (exact) mass is 348 g/mol. The second kappa shape index (κ2) is 6.57. The van der Waals surface area contributed by atoms with Gasteiger partial charge < -0.3 is 9.64 Å². The van der Waals surface area contributed by atoms with E-state index >= 15 is 0 Å². The highest BCUT2D eigenvalue weighted by molar-refractivity contribution is 5.83. The van der Waals surface area contributed by atoms with Crippen molar-refractivity contribution in [2.24, 2.45) is 23.2 Å². The predicted molar refractivity (Wildman–Crippen MR) is 94.9 cm³/mol. The Morgan fingerprint density at radius 1 is 0.960 bits per heavy atom. The molecule has 5 nitrogen and oxygen atoms in total. The average molecular weight is 348 g/mol. The third-order valence-corrected chi connectivity index (χ3v) is 6.87. The molecular formula is C20H32N2O3. The van der Waals surface area contributed by atoms with Gasteiger partial charge in [-0.1, -0.05) is 0 Å². The summed E-state index contributed by atoms with van der Waals surface area (Å²) in [5, 5.41) is 0. The highest BCUT2D eigenvalue weighted by atomic mass is 16.5. The molecule has 5 fully saturated rings. The van der Waals surface area contributed by atoms with Crippen LogP contribution < -0.4 is 0 Å². The Hall–Kier alpha value is -1.10. The number of carbonyl (C=O) groups excluding carboxylic acids is 2. The van der Waals surface area contributed by atoms with Gasteiger partial charge in [-0.2, -0.15) is 0 Å². The Morgan fingerprint density at radius 3 is 1.96 bits per heavy atom. The van der Waals surface area contributed by atoms with Crippen molar-refractivity contribution >= 4 is 11.9 Å². The Bertz CT molecular complexity index is 502. The van der Waals surface area contributed by atoms with Crippen LogP contribution in [0, 0.1) is 23.2 Å². The maximum absolute atomic E-state index is 13.3. The van der Waals surface area contributed by atoms with Crippen molar-refractivity contribution in [1.29, 1.82) is 0 Å². The zero-order valence-corrected chi connectivity index (χ0v) is 15.7. The largest absolute Gasteiger partial charge is 0.462 e. The molecule has 140 valence electrons. The van der Waals surface area contributed by atoms with Crippen molar-refractivity contribution < 1.29 is 14.3 Å². The van der Waals surface area contributed by atoms with E-state index in [1.54, 1.807) is 0 Å². The van der Waals surface area contributed by atoms with Crippen LogP contribution in [0.15, 0.2) is 0 Å². The van der Waals surface area contributed by atoms with Crippen molar-refractivity contribution in [1.82, 2.24) is 9.80 Å². The second-order valence-electron chi connectivity index (χ2n) is 9.30. The Morgan fingerprint density at radius 2 is 1.48 bits per heavy atom. The highest BCUT2D eigenvalue weighted by Crippen LogP contribution is 2.60. The highest BCUT2D eigenvalue weighted by Gasteiger charge is 2.55. The van der Waals surface area contributed by atoms with Crippen LogP contribution in [0.1, 0.15) is 52.4 Å². The molecule has 1 saturated heterocycles. The van der Waals surface area contributed by atoms with E-state index in [0.29, 0.717) is 12.5 Å². The predicted octanol–water partition coefficient (Wildman–Crippen LogP) is 2.30. The van der Waals surface area contributed by atoms with Crippen molar-refractivity contribution in [3.8, 4) is 0 Å². The molecule has 5 aliphatic rings. The molecule has 0 aromatic carbocycles. The molecule has 25 heavy (non-hydrogen) atoms. The molecule has 1 aliphatic heterocycles. The summed E-state index contributed by atoms with van der Waals surface area (Å²) in [5.41, 5.74) is -0.0342. The van der Waals surface area contributed by atoms with Gasteiger partial charge in [-0.3, -0.25) is 14.5 Å². The van der Waals surface area contributed by atoms with Gasteiger partial charge >= 0.3 is 5.97 Å². The zero-order chi connectivity index (χ0) is 17.6. The summed E-state index contributed by atoms with van der Waals surface area (Å²) in [5.74, 6) is 2.69. The zero-order valence-electron chi connectivity index (χ0n) is 15.7. The summed E-state index contributed by atoms with van der Waals surface area (Å²) < 4.78 is 5.23. The smallest absolute Gasteiger partial charge is 0.320 e. The van der Waals surface area contributed by atoms with E-state index in [2.05, 4.69) is 9.80 Å². The SMILES string of the molecule is CC(C)OC(=O)CN1CCN(C(=O)C23CC4CC(CC(C4)C2)C3)CC1. The minimum absolute atomic E-state index is 0.0342. The van der Waals surface area contributed by atoms with E-state index in [9.17, 15) is 9.59 Å². The fraction of sp³-hybridized carbons (Fsp3) is 0.900. The van der Waals surface area contributed by atoms with Gasteiger partial charge in [0.15, 0.2) is 0 Å². The topological polar surface area (TPSA) is 49.9 Å². The van der Waals surface area contributed by atoms with Crippen LogP contribution in [0.2, 0.25) is 0 Å². The molecule has 4 saturated carbocycles. The molecular weight excluding hydrogens is 316 g/mol. The van der Waals surface area contributed by atoms with Crippen LogP contribution in [-0.2, 0) is 14.3 Å². The van der Waals surface area contributed by atoms with Gasteiger partial charge in [0.1, 0.15) is 0 Å². The quantitative estimate of drug-likeness (QED) is 0.732. The van der Waals surface area contributed by atoms with Crippen LogP contribution in [0.25, 0.3) is 0 Å². The molecule has 0 N–H and O–H groups in total. The number of rotatable bonds is 4. The van der Waals surface area contributed by atoms with E-state index in [0.717, 1.165) is 63.2 Å². The third-order valence-electron chi connectivity index (χ3n) is 6.87.